The lowest BCUT2D eigenvalue weighted by Crippen LogP contribution is -2.32. The van der Waals surface area contributed by atoms with Gasteiger partial charge in [-0.05, 0) is 35.9 Å². The number of hydrogen-bond donors (Lipinski definition) is 1. The zero-order valence-corrected chi connectivity index (χ0v) is 17.7. The van der Waals surface area contributed by atoms with E-state index in [1.165, 1.54) is 13.2 Å². The van der Waals surface area contributed by atoms with Crippen LogP contribution in [0.15, 0.2) is 36.0 Å². The summed E-state index contributed by atoms with van der Waals surface area (Å²) in [5.74, 6) is -0.268. The second kappa shape index (κ2) is 8.25. The van der Waals surface area contributed by atoms with E-state index in [2.05, 4.69) is 11.4 Å². The Morgan fingerprint density at radius 3 is 2.57 bits per heavy atom. The summed E-state index contributed by atoms with van der Waals surface area (Å²) in [6.45, 7) is 5.62. The number of nitrogens with zero attached hydrogens (tertiary/aromatic N) is 1. The van der Waals surface area contributed by atoms with Crippen molar-refractivity contribution >= 4 is 23.1 Å². The molecule has 1 aliphatic rings. The number of ether oxygens (including phenoxy) is 3. The SMILES string of the molecule is COc1cc(C(=O)NC(=C(C#N)c2ccc3c(c2)OCO3)C(C)(C)C)c(F)cc1Cl. The number of allylic oxidation sites excluding steroid dienone is 2. The van der Waals surface area contributed by atoms with Crippen LogP contribution >= 0.6 is 11.6 Å². The number of rotatable bonds is 4. The number of nitrogens with one attached hydrogen (secondary N) is 1. The summed E-state index contributed by atoms with van der Waals surface area (Å²) < 4.78 is 30.2. The molecule has 1 N–H and O–H groups in total. The quantitative estimate of drug-likeness (QED) is 0.696. The van der Waals surface area contributed by atoms with E-state index < -0.39 is 17.1 Å². The molecule has 0 aliphatic carbocycles. The Morgan fingerprint density at radius 2 is 1.93 bits per heavy atom. The minimum Gasteiger partial charge on any atom is -0.495 e. The van der Waals surface area contributed by atoms with Crippen LogP contribution in [-0.4, -0.2) is 19.8 Å². The highest BCUT2D eigenvalue weighted by atomic mass is 35.5. The van der Waals surface area contributed by atoms with Gasteiger partial charge in [0.25, 0.3) is 5.91 Å². The Bertz CT molecular complexity index is 1080. The van der Waals surface area contributed by atoms with Crippen LogP contribution < -0.4 is 19.5 Å². The first-order valence-corrected chi connectivity index (χ1v) is 9.42. The van der Waals surface area contributed by atoms with Crippen LogP contribution in [0, 0.1) is 22.6 Å². The van der Waals surface area contributed by atoms with Gasteiger partial charge in [-0.3, -0.25) is 4.79 Å². The normalized spacial score (nSPS) is 13.4. The number of fused-ring (bicyclic) bond motifs is 1. The maximum absolute atomic E-state index is 14.4. The molecule has 0 unspecified atom stereocenters. The van der Waals surface area contributed by atoms with Gasteiger partial charge >= 0.3 is 0 Å². The fraction of sp³-hybridized carbons (Fsp3) is 0.273. The van der Waals surface area contributed by atoms with Crippen LogP contribution in [0.4, 0.5) is 4.39 Å². The molecule has 0 fully saturated rings. The number of nitriles is 1. The Morgan fingerprint density at radius 1 is 1.23 bits per heavy atom. The number of benzene rings is 2. The fourth-order valence-corrected chi connectivity index (χ4v) is 3.21. The highest BCUT2D eigenvalue weighted by molar-refractivity contribution is 6.32. The maximum Gasteiger partial charge on any atom is 0.258 e. The molecule has 0 aromatic heterocycles. The molecule has 2 aromatic rings. The Kier molecular flexibility index (Phi) is 5.90. The van der Waals surface area contributed by atoms with Gasteiger partial charge in [-0.25, -0.2) is 4.39 Å². The van der Waals surface area contributed by atoms with E-state index in [0.717, 1.165) is 6.07 Å². The number of carbonyl (C=O) groups is 1. The third-order valence-electron chi connectivity index (χ3n) is 4.50. The summed E-state index contributed by atoms with van der Waals surface area (Å²) in [6.07, 6.45) is 0. The van der Waals surface area contributed by atoms with E-state index in [-0.39, 0.29) is 28.7 Å². The molecule has 1 aliphatic heterocycles. The van der Waals surface area contributed by atoms with Crippen molar-refractivity contribution in [1.82, 2.24) is 5.32 Å². The third kappa shape index (κ3) is 4.19. The zero-order valence-electron chi connectivity index (χ0n) is 16.9. The predicted octanol–water partition coefficient (Wildman–Crippen LogP) is 4.93. The fourth-order valence-electron chi connectivity index (χ4n) is 2.98. The van der Waals surface area contributed by atoms with Crippen molar-refractivity contribution in [2.75, 3.05) is 13.9 Å². The molecule has 2 aromatic carbocycles. The predicted molar refractivity (Wildman–Crippen MR) is 110 cm³/mol. The Hall–Kier alpha value is -3.24. The number of methoxy groups -OCH3 is 1. The van der Waals surface area contributed by atoms with E-state index in [1.54, 1.807) is 18.2 Å². The number of halogens is 2. The Labute approximate surface area is 178 Å². The summed E-state index contributed by atoms with van der Waals surface area (Å²) in [7, 11) is 1.37. The van der Waals surface area contributed by atoms with Gasteiger partial charge in [-0.1, -0.05) is 32.4 Å². The first kappa shape index (κ1) is 21.5. The monoisotopic (exact) mass is 430 g/mol. The van der Waals surface area contributed by atoms with Gasteiger partial charge < -0.3 is 19.5 Å². The number of carbonyl (C=O) groups excluding carboxylic acids is 1. The summed E-state index contributed by atoms with van der Waals surface area (Å²) in [5, 5.41) is 12.6. The van der Waals surface area contributed by atoms with Crippen LogP contribution in [0.5, 0.6) is 17.2 Å². The van der Waals surface area contributed by atoms with Gasteiger partial charge in [0.2, 0.25) is 6.79 Å². The van der Waals surface area contributed by atoms with Crippen molar-refractivity contribution < 1.29 is 23.4 Å². The van der Waals surface area contributed by atoms with E-state index in [0.29, 0.717) is 22.8 Å². The van der Waals surface area contributed by atoms with E-state index in [9.17, 15) is 14.4 Å². The first-order chi connectivity index (χ1) is 14.2. The highest BCUT2D eigenvalue weighted by Crippen LogP contribution is 2.37. The van der Waals surface area contributed by atoms with Crippen LogP contribution in [0.1, 0.15) is 36.7 Å². The molecule has 156 valence electrons. The van der Waals surface area contributed by atoms with Crippen LogP contribution in [0.2, 0.25) is 5.02 Å². The second-order valence-electron chi connectivity index (χ2n) is 7.60. The molecule has 0 bridgehead atoms. The molecule has 0 saturated carbocycles. The lowest BCUT2D eigenvalue weighted by Gasteiger charge is -2.26. The van der Waals surface area contributed by atoms with Gasteiger partial charge in [-0.2, -0.15) is 5.26 Å². The molecule has 0 atom stereocenters. The largest absolute Gasteiger partial charge is 0.495 e. The number of amides is 1. The Balaban J connectivity index is 2.06. The topological polar surface area (TPSA) is 80.6 Å². The number of hydrogen-bond acceptors (Lipinski definition) is 5. The molecule has 8 heteroatoms. The summed E-state index contributed by atoms with van der Waals surface area (Å²) in [4.78, 5) is 12.9. The maximum atomic E-state index is 14.4. The molecule has 1 amide bonds. The van der Waals surface area contributed by atoms with Crippen molar-refractivity contribution in [2.45, 2.75) is 20.8 Å². The highest BCUT2D eigenvalue weighted by Gasteiger charge is 2.27. The van der Waals surface area contributed by atoms with Crippen molar-refractivity contribution in [3.63, 3.8) is 0 Å². The molecule has 1 heterocycles. The standard InChI is InChI=1S/C22H20ClFN2O4/c1-22(2,3)20(14(10-25)12-5-6-17-19(7-12)30-11-29-17)26-21(27)13-8-18(28-4)15(23)9-16(13)24/h5-9H,11H2,1-4H3,(H,26,27). The molecular formula is C22H20ClFN2O4. The second-order valence-corrected chi connectivity index (χ2v) is 8.01. The summed E-state index contributed by atoms with van der Waals surface area (Å²) >= 11 is 5.91. The van der Waals surface area contributed by atoms with E-state index >= 15 is 0 Å². The third-order valence-corrected chi connectivity index (χ3v) is 4.79. The lowest BCUT2D eigenvalue weighted by atomic mass is 9.86. The average molecular weight is 431 g/mol. The van der Waals surface area contributed by atoms with Gasteiger partial charge in [0.15, 0.2) is 11.5 Å². The zero-order chi connectivity index (χ0) is 22.1. The van der Waals surface area contributed by atoms with Crippen LogP contribution in [0.25, 0.3) is 5.57 Å². The van der Waals surface area contributed by atoms with Crippen molar-refractivity contribution in [1.29, 1.82) is 5.26 Å². The lowest BCUT2D eigenvalue weighted by molar-refractivity contribution is 0.0953. The summed E-state index contributed by atoms with van der Waals surface area (Å²) in [6, 6.07) is 9.45. The van der Waals surface area contributed by atoms with E-state index in [4.69, 9.17) is 25.8 Å². The smallest absolute Gasteiger partial charge is 0.258 e. The van der Waals surface area contributed by atoms with Crippen molar-refractivity contribution in [3.8, 4) is 23.3 Å². The molecular weight excluding hydrogens is 411 g/mol. The van der Waals surface area contributed by atoms with Gasteiger partial charge in [0.05, 0.1) is 23.3 Å². The van der Waals surface area contributed by atoms with Crippen LogP contribution in [-0.2, 0) is 0 Å². The minimum atomic E-state index is -0.798. The molecule has 6 nitrogen and oxygen atoms in total. The molecule has 0 spiro atoms. The summed E-state index contributed by atoms with van der Waals surface area (Å²) in [5.41, 5.74) is 0.226. The van der Waals surface area contributed by atoms with Crippen LogP contribution in [0.3, 0.4) is 0 Å². The minimum absolute atomic E-state index is 0.0520. The molecule has 3 rings (SSSR count). The van der Waals surface area contributed by atoms with Gasteiger partial charge in [0, 0.05) is 11.1 Å². The van der Waals surface area contributed by atoms with Crippen molar-refractivity contribution in [2.24, 2.45) is 5.41 Å². The average Bonchev–Trinajstić information content (AvgIpc) is 3.15. The van der Waals surface area contributed by atoms with Gasteiger partial charge in [-0.15, -0.1) is 0 Å². The molecule has 0 radical (unpaired) electrons. The van der Waals surface area contributed by atoms with E-state index in [1.807, 2.05) is 20.8 Å². The van der Waals surface area contributed by atoms with Crippen molar-refractivity contribution in [3.05, 3.63) is 58.0 Å². The van der Waals surface area contributed by atoms with Gasteiger partial charge in [0.1, 0.15) is 17.6 Å². The first-order valence-electron chi connectivity index (χ1n) is 9.05. The molecule has 30 heavy (non-hydrogen) atoms. The molecule has 0 saturated heterocycles.